The number of nitrogens with one attached hydrogen (secondary N) is 4. The summed E-state index contributed by atoms with van der Waals surface area (Å²) in [4.78, 5) is 43.3. The predicted molar refractivity (Wildman–Crippen MR) is 185 cm³/mol. The summed E-state index contributed by atoms with van der Waals surface area (Å²) in [7, 11) is 1.74. The number of aromatic nitrogens is 4. The summed E-state index contributed by atoms with van der Waals surface area (Å²) in [5, 5.41) is 15.3. The molecule has 1 unspecified atom stereocenters. The number of H-pyrrole nitrogens is 2. The number of hydrogen-bond acceptors (Lipinski definition) is 8. The second kappa shape index (κ2) is 12.8. The van der Waals surface area contributed by atoms with Gasteiger partial charge in [0.1, 0.15) is 42.4 Å². The minimum absolute atomic E-state index is 0.0418. The number of benzene rings is 2. The Kier molecular flexibility index (Phi) is 8.26. The summed E-state index contributed by atoms with van der Waals surface area (Å²) < 4.78 is 18.1. The molecule has 262 valence electrons. The van der Waals surface area contributed by atoms with Gasteiger partial charge in [-0.3, -0.25) is 4.79 Å². The Balaban J connectivity index is 1.05. The lowest BCUT2D eigenvalue weighted by atomic mass is 9.87. The average molecular weight is 682 g/mol. The van der Waals surface area contributed by atoms with Crippen molar-refractivity contribution in [3.05, 3.63) is 59.4 Å². The molecular formula is C37H43N7O6. The molecule has 4 aliphatic heterocycles. The largest absolute Gasteiger partial charge is 0.488 e. The highest BCUT2D eigenvalue weighted by Crippen LogP contribution is 2.51. The molecule has 2 fully saturated rings. The first kappa shape index (κ1) is 32.3. The Labute approximate surface area is 290 Å². The van der Waals surface area contributed by atoms with E-state index in [2.05, 4.69) is 38.8 Å². The first-order valence-electron chi connectivity index (χ1n) is 17.4. The molecule has 0 radical (unpaired) electrons. The lowest BCUT2D eigenvalue weighted by Gasteiger charge is -2.32. The van der Waals surface area contributed by atoms with E-state index in [9.17, 15) is 14.7 Å². The van der Waals surface area contributed by atoms with Gasteiger partial charge in [0.2, 0.25) is 5.91 Å². The van der Waals surface area contributed by atoms with Gasteiger partial charge in [0.25, 0.3) is 0 Å². The molecule has 13 nitrogen and oxygen atoms in total. The molecule has 0 bridgehead atoms. The third kappa shape index (κ3) is 5.67. The van der Waals surface area contributed by atoms with Gasteiger partial charge in [0.05, 0.1) is 42.5 Å². The molecule has 13 heteroatoms. The van der Waals surface area contributed by atoms with Gasteiger partial charge in [-0.25, -0.2) is 14.8 Å². The monoisotopic (exact) mass is 681 g/mol. The molecular weight excluding hydrogens is 638 g/mol. The van der Waals surface area contributed by atoms with Crippen LogP contribution in [0.4, 0.5) is 4.79 Å². The highest BCUT2D eigenvalue weighted by molar-refractivity contribution is 5.89. The Morgan fingerprint density at radius 1 is 0.980 bits per heavy atom. The van der Waals surface area contributed by atoms with Crippen molar-refractivity contribution in [2.24, 2.45) is 11.8 Å². The molecule has 5 N–H and O–H groups in total. The highest BCUT2D eigenvalue weighted by atomic mass is 16.5. The van der Waals surface area contributed by atoms with Crippen LogP contribution >= 0.6 is 0 Å². The number of carboxylic acid groups (broad SMARTS) is 1. The Morgan fingerprint density at radius 2 is 1.60 bits per heavy atom. The number of likely N-dealkylation sites (tertiary alicyclic amines) is 1. The quantitative estimate of drug-likeness (QED) is 0.152. The maximum absolute atomic E-state index is 13.6. The van der Waals surface area contributed by atoms with Crippen LogP contribution in [0.3, 0.4) is 0 Å². The number of nitrogens with zero attached hydrogens (tertiary/aromatic N) is 3. The van der Waals surface area contributed by atoms with E-state index in [-0.39, 0.29) is 30.0 Å². The normalized spacial score (nSPS) is 22.6. The van der Waals surface area contributed by atoms with E-state index in [0.717, 1.165) is 94.5 Å². The molecule has 5 atom stereocenters. The highest BCUT2D eigenvalue weighted by Gasteiger charge is 2.41. The number of rotatable bonds is 9. The van der Waals surface area contributed by atoms with Gasteiger partial charge in [-0.2, -0.15) is 0 Å². The second-order valence-electron chi connectivity index (χ2n) is 14.3. The van der Waals surface area contributed by atoms with Gasteiger partial charge < -0.3 is 44.8 Å². The second-order valence-corrected chi connectivity index (χ2v) is 14.3. The van der Waals surface area contributed by atoms with Crippen LogP contribution in [-0.2, 0) is 22.7 Å². The summed E-state index contributed by atoms with van der Waals surface area (Å²) in [6.45, 7) is 8.15. The van der Waals surface area contributed by atoms with Gasteiger partial charge in [0.15, 0.2) is 0 Å². The van der Waals surface area contributed by atoms with E-state index >= 15 is 0 Å². The zero-order valence-electron chi connectivity index (χ0n) is 28.7. The SMILES string of the molecule is COC[C@@H]1CN[C@H](c2ncc(-c3cc4c5c(c3)OCc3cc(-c6cnc([C@@H]7CC[C@H](C)N7C(=O)C(NC(=O)O)C(C)C)[nH]6)cc(c3-5)OC4)[nH]2)C1. The average Bonchev–Trinajstić information content (AvgIpc) is 3.92. The van der Waals surface area contributed by atoms with E-state index in [0.29, 0.717) is 25.0 Å². The van der Waals surface area contributed by atoms with Crippen LogP contribution in [0.5, 0.6) is 11.5 Å². The van der Waals surface area contributed by atoms with Gasteiger partial charge in [-0.1, -0.05) is 13.8 Å². The van der Waals surface area contributed by atoms with Crippen molar-refractivity contribution in [3.8, 4) is 45.1 Å². The van der Waals surface area contributed by atoms with E-state index in [1.165, 1.54) is 0 Å². The summed E-state index contributed by atoms with van der Waals surface area (Å²) >= 11 is 0. The lowest BCUT2D eigenvalue weighted by Crippen LogP contribution is -2.52. The first-order valence-corrected chi connectivity index (χ1v) is 17.4. The zero-order chi connectivity index (χ0) is 34.7. The number of aromatic amines is 2. The van der Waals surface area contributed by atoms with E-state index in [4.69, 9.17) is 24.2 Å². The third-order valence-corrected chi connectivity index (χ3v) is 10.6. The van der Waals surface area contributed by atoms with Crippen LogP contribution in [0.25, 0.3) is 33.6 Å². The molecule has 4 aliphatic rings. The molecule has 0 saturated carbocycles. The van der Waals surface area contributed by atoms with Gasteiger partial charge in [-0.15, -0.1) is 0 Å². The lowest BCUT2D eigenvalue weighted by molar-refractivity contribution is -0.137. The standard InChI is InChI=1S/C37H43N7O6/c1-18(2)33(43-37(46)47)36(45)44-19(3)5-6-28(44)35-40-14-27(42-35)22-9-24-17-49-29-10-21(8-23-16-50-30(11-22)32(24)31(23)29)26-13-39-34(41-26)25-7-20(12-38-25)15-48-4/h8-11,13-14,18-20,25,28,33,38,43H,5-7,12,15-17H2,1-4H3,(H,39,41)(H,40,42)(H,46,47)/t19-,20-,25-,28-,33?/m0/s1. The fourth-order valence-corrected chi connectivity index (χ4v) is 8.12. The van der Waals surface area contributed by atoms with Crippen molar-refractivity contribution in [3.63, 3.8) is 0 Å². The minimum atomic E-state index is -1.21. The van der Waals surface area contributed by atoms with Crippen molar-refractivity contribution in [2.45, 2.75) is 77.4 Å². The Hall–Kier alpha value is -4.88. The van der Waals surface area contributed by atoms with Crippen LogP contribution in [0.1, 0.15) is 74.9 Å². The van der Waals surface area contributed by atoms with E-state index in [1.807, 2.05) is 33.0 Å². The van der Waals surface area contributed by atoms with Crippen molar-refractivity contribution >= 4 is 12.0 Å². The molecule has 2 aromatic carbocycles. The van der Waals surface area contributed by atoms with Crippen LogP contribution in [0.2, 0.25) is 0 Å². The first-order chi connectivity index (χ1) is 24.2. The van der Waals surface area contributed by atoms with Crippen molar-refractivity contribution in [2.75, 3.05) is 20.3 Å². The molecule has 4 aromatic rings. The Morgan fingerprint density at radius 3 is 2.20 bits per heavy atom. The summed E-state index contributed by atoms with van der Waals surface area (Å²) in [6, 6.07) is 7.42. The third-order valence-electron chi connectivity index (χ3n) is 10.6. The minimum Gasteiger partial charge on any atom is -0.488 e. The van der Waals surface area contributed by atoms with Crippen molar-refractivity contribution < 1.29 is 28.9 Å². The maximum atomic E-state index is 13.6. The molecule has 8 rings (SSSR count). The Bertz CT molecular complexity index is 1900. The number of carbonyl (C=O) groups is 2. The van der Waals surface area contributed by atoms with Gasteiger partial charge in [0, 0.05) is 53.1 Å². The molecule has 2 saturated heterocycles. The number of hydrogen-bond donors (Lipinski definition) is 5. The number of amides is 2. The predicted octanol–water partition coefficient (Wildman–Crippen LogP) is 5.56. The van der Waals surface area contributed by atoms with E-state index < -0.39 is 12.1 Å². The van der Waals surface area contributed by atoms with Crippen molar-refractivity contribution in [1.82, 2.24) is 35.5 Å². The van der Waals surface area contributed by atoms with Crippen LogP contribution in [0.15, 0.2) is 36.7 Å². The smallest absolute Gasteiger partial charge is 0.405 e. The van der Waals surface area contributed by atoms with Gasteiger partial charge in [-0.05, 0) is 62.3 Å². The number of carbonyl (C=O) groups excluding carboxylic acids is 1. The molecule has 0 spiro atoms. The molecule has 0 aliphatic carbocycles. The van der Waals surface area contributed by atoms with Crippen LogP contribution < -0.4 is 20.1 Å². The fraction of sp³-hybridized carbons (Fsp3) is 0.459. The summed E-state index contributed by atoms with van der Waals surface area (Å²) in [6.07, 6.45) is 4.99. The number of imidazole rings is 2. The number of ether oxygens (including phenoxy) is 3. The molecule has 6 heterocycles. The van der Waals surface area contributed by atoms with Gasteiger partial charge >= 0.3 is 6.09 Å². The molecule has 2 aromatic heterocycles. The molecule has 2 amide bonds. The maximum Gasteiger partial charge on any atom is 0.405 e. The number of methoxy groups -OCH3 is 1. The summed E-state index contributed by atoms with van der Waals surface area (Å²) in [5.41, 5.74) is 7.89. The zero-order valence-corrected chi connectivity index (χ0v) is 28.7. The fourth-order valence-electron chi connectivity index (χ4n) is 8.12. The topological polar surface area (TPSA) is 167 Å². The molecule has 50 heavy (non-hydrogen) atoms. The van der Waals surface area contributed by atoms with Crippen LogP contribution in [0, 0.1) is 11.8 Å². The van der Waals surface area contributed by atoms with Crippen LogP contribution in [-0.4, -0.2) is 74.3 Å². The van der Waals surface area contributed by atoms with Crippen molar-refractivity contribution in [1.29, 1.82) is 0 Å². The summed E-state index contributed by atoms with van der Waals surface area (Å²) in [5.74, 6) is 3.29. The van der Waals surface area contributed by atoms with E-state index in [1.54, 1.807) is 18.2 Å².